The predicted molar refractivity (Wildman–Crippen MR) is 232 cm³/mol. The Morgan fingerprint density at radius 1 is 0.439 bits per heavy atom. The van der Waals surface area contributed by atoms with Gasteiger partial charge in [-0.25, -0.2) is 15.0 Å². The quantitative estimate of drug-likeness (QED) is 0.174. The number of thiophene rings is 1. The molecule has 0 aliphatic carbocycles. The normalized spacial score (nSPS) is 11.9. The van der Waals surface area contributed by atoms with Crippen LogP contribution in [0.5, 0.6) is 0 Å². The lowest BCUT2D eigenvalue weighted by Gasteiger charge is -2.10. The monoisotopic (exact) mass is 748 g/mol. The van der Waals surface area contributed by atoms with Gasteiger partial charge in [0.15, 0.2) is 17.5 Å². The van der Waals surface area contributed by atoms with Crippen molar-refractivity contribution in [2.24, 2.45) is 0 Å². The van der Waals surface area contributed by atoms with Gasteiger partial charge in [-0.1, -0.05) is 133 Å². The van der Waals surface area contributed by atoms with E-state index in [1.54, 1.807) is 11.3 Å². The van der Waals surface area contributed by atoms with Crippen molar-refractivity contribution < 1.29 is 4.42 Å². The maximum absolute atomic E-state index is 6.81. The SMILES string of the molecule is c1ccc(-c2nc(-c3ccc4c(c3)oc3c(-c5nc(-c6ccccc6)c6sc7ccccc7c6n5)cccc34)nc(-n3c4ccccc4c4ccccc43)n2)cc1. The van der Waals surface area contributed by atoms with Crippen LogP contribution in [0.25, 0.3) is 115 Å². The van der Waals surface area contributed by atoms with Crippen molar-refractivity contribution in [2.45, 2.75) is 0 Å². The molecule has 0 saturated heterocycles. The van der Waals surface area contributed by atoms with Gasteiger partial charge in [0.05, 0.1) is 32.5 Å². The van der Waals surface area contributed by atoms with E-state index in [0.29, 0.717) is 23.4 Å². The van der Waals surface area contributed by atoms with E-state index in [2.05, 4.69) is 126 Å². The summed E-state index contributed by atoms with van der Waals surface area (Å²) in [4.78, 5) is 25.8. The van der Waals surface area contributed by atoms with E-state index in [-0.39, 0.29) is 0 Å². The smallest absolute Gasteiger partial charge is 0.238 e. The fourth-order valence-electron chi connectivity index (χ4n) is 8.06. The molecule has 7 nitrogen and oxygen atoms in total. The number of hydrogen-bond acceptors (Lipinski definition) is 7. The van der Waals surface area contributed by atoms with E-state index in [9.17, 15) is 0 Å². The lowest BCUT2D eigenvalue weighted by molar-refractivity contribution is 0.669. The van der Waals surface area contributed by atoms with Crippen LogP contribution < -0.4 is 0 Å². The third-order valence-corrected chi connectivity index (χ3v) is 11.9. The summed E-state index contributed by atoms with van der Waals surface area (Å²) in [5.74, 6) is 2.31. The molecular weight excluding hydrogens is 721 g/mol. The summed E-state index contributed by atoms with van der Waals surface area (Å²) >= 11 is 1.73. The van der Waals surface area contributed by atoms with Crippen LogP contribution in [-0.2, 0) is 0 Å². The first-order valence-electron chi connectivity index (χ1n) is 18.8. The van der Waals surface area contributed by atoms with Crippen LogP contribution in [-0.4, -0.2) is 29.5 Å². The summed E-state index contributed by atoms with van der Waals surface area (Å²) in [6.07, 6.45) is 0. The van der Waals surface area contributed by atoms with Gasteiger partial charge in [0.1, 0.15) is 11.2 Å². The molecule has 7 aromatic carbocycles. The zero-order chi connectivity index (χ0) is 37.5. The number of hydrogen-bond donors (Lipinski definition) is 0. The third-order valence-electron chi connectivity index (χ3n) is 10.7. The average molecular weight is 749 g/mol. The summed E-state index contributed by atoms with van der Waals surface area (Å²) < 4.78 is 11.2. The maximum atomic E-state index is 6.81. The third kappa shape index (κ3) is 5.01. The first kappa shape index (κ1) is 31.8. The van der Waals surface area contributed by atoms with Gasteiger partial charge < -0.3 is 4.42 Å². The molecule has 5 aromatic heterocycles. The van der Waals surface area contributed by atoms with E-state index in [4.69, 9.17) is 29.3 Å². The molecule has 0 amide bonds. The highest BCUT2D eigenvalue weighted by molar-refractivity contribution is 7.26. The highest BCUT2D eigenvalue weighted by Crippen LogP contribution is 2.42. The Kier molecular flexibility index (Phi) is 6.96. The minimum absolute atomic E-state index is 0.547. The van der Waals surface area contributed by atoms with E-state index in [0.717, 1.165) is 87.3 Å². The summed E-state index contributed by atoms with van der Waals surface area (Å²) in [7, 11) is 0. The first-order valence-corrected chi connectivity index (χ1v) is 19.6. The molecule has 0 aliphatic rings. The summed E-state index contributed by atoms with van der Waals surface area (Å²) in [6.45, 7) is 0. The predicted octanol–water partition coefficient (Wildman–Crippen LogP) is 12.7. The second-order valence-electron chi connectivity index (χ2n) is 14.1. The summed E-state index contributed by atoms with van der Waals surface area (Å²) in [6, 6.07) is 58.0. The fourth-order valence-corrected chi connectivity index (χ4v) is 9.22. The lowest BCUT2D eigenvalue weighted by Crippen LogP contribution is -2.06. The number of furan rings is 1. The van der Waals surface area contributed by atoms with Crippen molar-refractivity contribution in [2.75, 3.05) is 0 Å². The van der Waals surface area contributed by atoms with E-state index in [1.807, 2.05) is 48.5 Å². The Morgan fingerprint density at radius 2 is 1.07 bits per heavy atom. The topological polar surface area (TPSA) is 82.5 Å². The van der Waals surface area contributed by atoms with Crippen molar-refractivity contribution in [3.8, 4) is 51.4 Å². The maximum Gasteiger partial charge on any atom is 0.238 e. The number of para-hydroxylation sites is 3. The fraction of sp³-hybridized carbons (Fsp3) is 0. The zero-order valence-corrected chi connectivity index (χ0v) is 31.0. The van der Waals surface area contributed by atoms with E-state index < -0.39 is 0 Å². The molecule has 0 N–H and O–H groups in total. The van der Waals surface area contributed by atoms with Crippen molar-refractivity contribution in [1.29, 1.82) is 0 Å². The van der Waals surface area contributed by atoms with Gasteiger partial charge in [-0.15, -0.1) is 11.3 Å². The number of rotatable bonds is 5. The van der Waals surface area contributed by atoms with Crippen LogP contribution in [0, 0.1) is 0 Å². The average Bonchev–Trinajstić information content (AvgIpc) is 3.96. The Bertz CT molecular complexity index is 3480. The minimum Gasteiger partial charge on any atom is -0.455 e. The van der Waals surface area contributed by atoms with Crippen molar-refractivity contribution in [1.82, 2.24) is 29.5 Å². The molecule has 57 heavy (non-hydrogen) atoms. The Labute approximate surface area is 329 Å². The van der Waals surface area contributed by atoms with Gasteiger partial charge in [-0.3, -0.25) is 4.57 Å². The van der Waals surface area contributed by atoms with Crippen LogP contribution >= 0.6 is 11.3 Å². The number of fused-ring (bicyclic) bond motifs is 9. The van der Waals surface area contributed by atoms with Crippen molar-refractivity contribution in [3.05, 3.63) is 170 Å². The molecule has 0 radical (unpaired) electrons. The molecule has 12 aromatic rings. The lowest BCUT2D eigenvalue weighted by atomic mass is 10.1. The van der Waals surface area contributed by atoms with Crippen LogP contribution in [0.15, 0.2) is 174 Å². The molecule has 12 rings (SSSR count). The van der Waals surface area contributed by atoms with Crippen molar-refractivity contribution in [3.63, 3.8) is 0 Å². The highest BCUT2D eigenvalue weighted by Gasteiger charge is 2.22. The second kappa shape index (κ2) is 12.5. The molecule has 0 aliphatic heterocycles. The Morgan fingerprint density at radius 3 is 1.82 bits per heavy atom. The molecule has 0 atom stereocenters. The second-order valence-corrected chi connectivity index (χ2v) is 15.1. The standard InChI is InChI=1S/C49H28N6OS/c1-3-14-29(15-4-1)42-45-43(36-20-9-12-25-41(36)57-45)51-48(50-42)37-22-13-21-35-34-27-26-31(28-40(34)56-44(35)37)47-52-46(30-16-5-2-6-17-30)53-49(54-47)55-38-23-10-7-18-32(38)33-19-8-11-24-39(33)55/h1-28H. The number of benzene rings is 7. The van der Waals surface area contributed by atoms with Crippen molar-refractivity contribution >= 4 is 75.4 Å². The van der Waals surface area contributed by atoms with Crippen LogP contribution in [0.4, 0.5) is 0 Å². The van der Waals surface area contributed by atoms with Gasteiger partial charge >= 0.3 is 0 Å². The molecule has 0 spiro atoms. The van der Waals surface area contributed by atoms with Crippen LogP contribution in [0.2, 0.25) is 0 Å². The van der Waals surface area contributed by atoms with E-state index >= 15 is 0 Å². The Balaban J connectivity index is 1.05. The van der Waals surface area contributed by atoms with Crippen LogP contribution in [0.3, 0.4) is 0 Å². The van der Waals surface area contributed by atoms with Gasteiger partial charge in [-0.05, 0) is 36.4 Å². The Hall–Kier alpha value is -7.55. The van der Waals surface area contributed by atoms with Gasteiger partial charge in [0.25, 0.3) is 0 Å². The highest BCUT2D eigenvalue weighted by atomic mass is 32.1. The molecule has 8 heteroatoms. The van der Waals surface area contributed by atoms with Gasteiger partial charge in [-0.2, -0.15) is 9.97 Å². The molecule has 266 valence electrons. The molecular formula is C49H28N6OS. The van der Waals surface area contributed by atoms with Gasteiger partial charge in [0.2, 0.25) is 5.95 Å². The molecule has 0 saturated carbocycles. The molecule has 0 fully saturated rings. The van der Waals surface area contributed by atoms with Gasteiger partial charge in [0, 0.05) is 48.3 Å². The number of nitrogens with zero attached hydrogens (tertiary/aromatic N) is 6. The first-order chi connectivity index (χ1) is 28.2. The minimum atomic E-state index is 0.547. The summed E-state index contributed by atoms with van der Waals surface area (Å²) in [5.41, 5.74) is 8.97. The number of aromatic nitrogens is 6. The molecule has 0 bridgehead atoms. The largest absolute Gasteiger partial charge is 0.455 e. The molecule has 5 heterocycles. The zero-order valence-electron chi connectivity index (χ0n) is 30.2. The van der Waals surface area contributed by atoms with E-state index in [1.165, 1.54) is 4.70 Å². The summed E-state index contributed by atoms with van der Waals surface area (Å²) in [5, 5.41) is 5.37. The van der Waals surface area contributed by atoms with Crippen LogP contribution in [0.1, 0.15) is 0 Å². The molecule has 0 unspecified atom stereocenters.